The number of aromatic nitrogens is 2. The van der Waals surface area contributed by atoms with Gasteiger partial charge in [0, 0.05) is 24.1 Å². The summed E-state index contributed by atoms with van der Waals surface area (Å²) in [7, 11) is 0. The second kappa shape index (κ2) is 7.68. The largest absolute Gasteiger partial charge is 0.316 e. The van der Waals surface area contributed by atoms with E-state index in [0.717, 1.165) is 54.5 Å². The molecule has 2 fully saturated rings. The van der Waals surface area contributed by atoms with E-state index in [0.29, 0.717) is 11.5 Å². The van der Waals surface area contributed by atoms with E-state index in [4.69, 9.17) is 10.2 Å². The maximum atomic E-state index is 9.02. The summed E-state index contributed by atoms with van der Waals surface area (Å²) in [5.74, 6) is 8.74. The highest BCUT2D eigenvalue weighted by atomic mass is 14.9. The minimum absolute atomic E-state index is 0.540. The SMILES string of the molecule is N#Cc1ccc(-c2nc(CC[C@H]3CCNC3)ncc2C#CC2CC2)cc1. The van der Waals surface area contributed by atoms with Crippen LogP contribution in [0.25, 0.3) is 11.3 Å². The predicted octanol–water partition coefficient (Wildman–Crippen LogP) is 3.32. The molecule has 4 nitrogen and oxygen atoms in total. The Morgan fingerprint density at radius 3 is 2.69 bits per heavy atom. The molecule has 4 rings (SSSR count). The van der Waals surface area contributed by atoms with Gasteiger partial charge in [-0.25, -0.2) is 9.97 Å². The first-order valence-electron chi connectivity index (χ1n) is 9.40. The molecule has 1 saturated heterocycles. The third-order valence-electron chi connectivity index (χ3n) is 5.05. The highest BCUT2D eigenvalue weighted by Crippen LogP contribution is 2.28. The molecule has 130 valence electrons. The summed E-state index contributed by atoms with van der Waals surface area (Å²) in [6.45, 7) is 2.23. The van der Waals surface area contributed by atoms with E-state index in [1.54, 1.807) is 0 Å². The first kappa shape index (κ1) is 16.8. The summed E-state index contributed by atoms with van der Waals surface area (Å²) in [5.41, 5.74) is 3.42. The number of hydrogen-bond acceptors (Lipinski definition) is 4. The molecule has 0 unspecified atom stereocenters. The van der Waals surface area contributed by atoms with Crippen molar-refractivity contribution in [3.8, 4) is 29.2 Å². The molecule has 1 aromatic carbocycles. The lowest BCUT2D eigenvalue weighted by atomic mass is 10.0. The van der Waals surface area contributed by atoms with Gasteiger partial charge in [0.1, 0.15) is 5.82 Å². The van der Waals surface area contributed by atoms with Crippen molar-refractivity contribution in [1.29, 1.82) is 5.26 Å². The lowest BCUT2D eigenvalue weighted by Crippen LogP contribution is -2.10. The standard InChI is InChI=1S/C22H22N4/c23-13-17-4-7-19(8-5-17)22-20(9-3-16-1-2-16)15-25-21(26-22)10-6-18-11-12-24-14-18/h4-5,7-8,15-16,18,24H,1-2,6,10-12,14H2/t18-/m0/s1. The van der Waals surface area contributed by atoms with E-state index in [1.165, 1.54) is 19.3 Å². The Kier molecular flexibility index (Phi) is 4.95. The van der Waals surface area contributed by atoms with Gasteiger partial charge in [-0.15, -0.1) is 0 Å². The van der Waals surface area contributed by atoms with Crippen LogP contribution in [0.1, 0.15) is 42.6 Å². The van der Waals surface area contributed by atoms with Crippen molar-refractivity contribution in [3.05, 3.63) is 47.4 Å². The average Bonchev–Trinajstić information content (AvgIpc) is 3.38. The third-order valence-corrected chi connectivity index (χ3v) is 5.05. The van der Waals surface area contributed by atoms with E-state index in [9.17, 15) is 0 Å². The van der Waals surface area contributed by atoms with Crippen LogP contribution >= 0.6 is 0 Å². The Bertz CT molecular complexity index is 873. The van der Waals surface area contributed by atoms with Crippen LogP contribution in [-0.4, -0.2) is 23.1 Å². The van der Waals surface area contributed by atoms with Gasteiger partial charge < -0.3 is 5.32 Å². The van der Waals surface area contributed by atoms with Gasteiger partial charge in [-0.05, 0) is 56.8 Å². The number of benzene rings is 1. The number of nitrogens with one attached hydrogen (secondary N) is 1. The molecule has 26 heavy (non-hydrogen) atoms. The van der Waals surface area contributed by atoms with E-state index in [1.807, 2.05) is 30.5 Å². The van der Waals surface area contributed by atoms with Gasteiger partial charge in [-0.2, -0.15) is 5.26 Å². The van der Waals surface area contributed by atoms with Crippen molar-refractivity contribution < 1.29 is 0 Å². The monoisotopic (exact) mass is 342 g/mol. The van der Waals surface area contributed by atoms with E-state index >= 15 is 0 Å². The number of nitriles is 1. The fourth-order valence-corrected chi connectivity index (χ4v) is 3.25. The van der Waals surface area contributed by atoms with Gasteiger partial charge in [0.25, 0.3) is 0 Å². The van der Waals surface area contributed by atoms with Crippen molar-refractivity contribution >= 4 is 0 Å². The molecule has 1 aliphatic carbocycles. The molecule has 0 amide bonds. The van der Waals surface area contributed by atoms with Gasteiger partial charge >= 0.3 is 0 Å². The van der Waals surface area contributed by atoms with Gasteiger partial charge in [0.2, 0.25) is 0 Å². The van der Waals surface area contributed by atoms with Crippen molar-refractivity contribution in [1.82, 2.24) is 15.3 Å². The Labute approximate surface area is 154 Å². The summed E-state index contributed by atoms with van der Waals surface area (Å²) >= 11 is 0. The van der Waals surface area contributed by atoms with Crippen LogP contribution in [0.3, 0.4) is 0 Å². The summed E-state index contributed by atoms with van der Waals surface area (Å²) in [4.78, 5) is 9.41. The normalized spacial score (nSPS) is 18.8. The molecule has 2 aliphatic rings. The Morgan fingerprint density at radius 2 is 2.00 bits per heavy atom. The molecule has 1 aliphatic heterocycles. The van der Waals surface area contributed by atoms with E-state index in [2.05, 4.69) is 28.2 Å². The van der Waals surface area contributed by atoms with E-state index in [-0.39, 0.29) is 0 Å². The number of rotatable bonds is 4. The summed E-state index contributed by atoms with van der Waals surface area (Å²) < 4.78 is 0. The lowest BCUT2D eigenvalue weighted by Gasteiger charge is -2.09. The molecular weight excluding hydrogens is 320 g/mol. The zero-order chi connectivity index (χ0) is 17.8. The molecule has 1 N–H and O–H groups in total. The van der Waals surface area contributed by atoms with Crippen LogP contribution in [0.15, 0.2) is 30.5 Å². The molecule has 1 saturated carbocycles. The van der Waals surface area contributed by atoms with E-state index < -0.39 is 0 Å². The smallest absolute Gasteiger partial charge is 0.129 e. The van der Waals surface area contributed by atoms with Gasteiger partial charge in [0.05, 0.1) is 22.9 Å². The number of nitrogens with zero attached hydrogens (tertiary/aromatic N) is 3. The third kappa shape index (κ3) is 4.10. The second-order valence-electron chi connectivity index (χ2n) is 7.18. The van der Waals surface area contributed by atoms with Crippen LogP contribution in [0, 0.1) is 35.0 Å². The number of aryl methyl sites for hydroxylation is 1. The van der Waals surface area contributed by atoms with Crippen molar-refractivity contribution in [3.63, 3.8) is 0 Å². The van der Waals surface area contributed by atoms with Gasteiger partial charge in [0.15, 0.2) is 0 Å². The van der Waals surface area contributed by atoms with Crippen molar-refractivity contribution in [2.45, 2.75) is 32.1 Å². The molecule has 1 atom stereocenters. The summed E-state index contributed by atoms with van der Waals surface area (Å²) in [6.07, 6.45) is 7.53. The van der Waals surface area contributed by atoms with Crippen LogP contribution in [0.4, 0.5) is 0 Å². The Hall–Kier alpha value is -2.69. The molecule has 2 aromatic rings. The molecule has 0 radical (unpaired) electrons. The fraction of sp³-hybridized carbons (Fsp3) is 0.409. The maximum absolute atomic E-state index is 9.02. The van der Waals surface area contributed by atoms with Crippen LogP contribution in [0.5, 0.6) is 0 Å². The highest BCUT2D eigenvalue weighted by Gasteiger charge is 2.19. The molecule has 1 aromatic heterocycles. The first-order valence-corrected chi connectivity index (χ1v) is 9.40. The fourth-order valence-electron chi connectivity index (χ4n) is 3.25. The van der Waals surface area contributed by atoms with Crippen molar-refractivity contribution in [2.24, 2.45) is 11.8 Å². The van der Waals surface area contributed by atoms with Crippen LogP contribution < -0.4 is 5.32 Å². The first-order chi connectivity index (χ1) is 12.8. The van der Waals surface area contributed by atoms with Gasteiger partial charge in [-0.1, -0.05) is 24.0 Å². The predicted molar refractivity (Wildman–Crippen MR) is 101 cm³/mol. The lowest BCUT2D eigenvalue weighted by molar-refractivity contribution is 0.525. The minimum Gasteiger partial charge on any atom is -0.316 e. The Morgan fingerprint density at radius 1 is 1.15 bits per heavy atom. The minimum atomic E-state index is 0.540. The molecular formula is C22H22N4. The van der Waals surface area contributed by atoms with Crippen LogP contribution in [0.2, 0.25) is 0 Å². The highest BCUT2D eigenvalue weighted by molar-refractivity contribution is 5.67. The topological polar surface area (TPSA) is 61.6 Å². The second-order valence-corrected chi connectivity index (χ2v) is 7.18. The zero-order valence-electron chi connectivity index (χ0n) is 14.8. The summed E-state index contributed by atoms with van der Waals surface area (Å²) in [5, 5.41) is 12.4. The molecule has 0 bridgehead atoms. The maximum Gasteiger partial charge on any atom is 0.129 e. The molecule has 4 heteroatoms. The number of hydrogen-bond donors (Lipinski definition) is 1. The zero-order valence-corrected chi connectivity index (χ0v) is 14.8. The van der Waals surface area contributed by atoms with Crippen LogP contribution in [-0.2, 0) is 6.42 Å². The Balaban J connectivity index is 1.61. The quantitative estimate of drug-likeness (QED) is 0.866. The average molecular weight is 342 g/mol. The molecule has 0 spiro atoms. The molecule has 2 heterocycles. The van der Waals surface area contributed by atoms with Crippen molar-refractivity contribution in [2.75, 3.05) is 13.1 Å². The van der Waals surface area contributed by atoms with Gasteiger partial charge in [-0.3, -0.25) is 0 Å². The summed E-state index contributed by atoms with van der Waals surface area (Å²) in [6, 6.07) is 9.73.